The highest BCUT2D eigenvalue weighted by Crippen LogP contribution is 2.45. The van der Waals surface area contributed by atoms with Crippen molar-refractivity contribution in [3.63, 3.8) is 0 Å². The minimum absolute atomic E-state index is 0.0774. The van der Waals surface area contributed by atoms with Crippen LogP contribution < -0.4 is 0 Å². The fourth-order valence-corrected chi connectivity index (χ4v) is 7.51. The van der Waals surface area contributed by atoms with E-state index in [0.717, 1.165) is 50.0 Å². The van der Waals surface area contributed by atoms with Crippen molar-refractivity contribution in [3.8, 4) is 11.1 Å². The summed E-state index contributed by atoms with van der Waals surface area (Å²) < 4.78 is 11.2. The number of nitrogens with zero attached hydrogens (tertiary/aromatic N) is 2. The number of allylic oxidation sites excluding steroid dienone is 1. The molecule has 0 unspecified atom stereocenters. The molecule has 8 nitrogen and oxygen atoms in total. The first kappa shape index (κ1) is 28.9. The van der Waals surface area contributed by atoms with E-state index in [1.165, 1.54) is 7.11 Å². The molecule has 1 N–H and O–H groups in total. The molecule has 1 fully saturated rings. The van der Waals surface area contributed by atoms with Gasteiger partial charge in [0.1, 0.15) is 18.7 Å². The number of aromatic nitrogens is 1. The highest BCUT2D eigenvalue weighted by molar-refractivity contribution is 5.93. The lowest BCUT2D eigenvalue weighted by atomic mass is 9.89. The normalized spacial score (nSPS) is 20.4. The van der Waals surface area contributed by atoms with Crippen LogP contribution in [0.5, 0.6) is 0 Å². The SMILES string of the molecule is COC(=O)[C@@H]1Cc2c([nH]c3ccccc23)[C@@H](C=C(C)C)N1C(=O)[C@@H]1CCCN1C(=O)OCC1c2ccccc2-c2ccccc21. The first-order chi connectivity index (χ1) is 21.9. The Bertz CT molecular complexity index is 1790. The van der Waals surface area contributed by atoms with Crippen LogP contribution in [-0.4, -0.2) is 65.1 Å². The zero-order chi connectivity index (χ0) is 31.2. The average Bonchev–Trinajstić information content (AvgIpc) is 3.77. The molecule has 7 rings (SSSR count). The first-order valence-electron chi connectivity index (χ1n) is 15.6. The number of hydrogen-bond acceptors (Lipinski definition) is 5. The molecule has 0 saturated carbocycles. The molecule has 3 atom stereocenters. The standard InChI is InChI=1S/C37H37N3O5/c1-22(2)19-32-34-28(27-15-8-9-16-30(27)38-34)20-33(36(42)44-3)40(32)35(41)31-17-10-18-39(31)37(43)45-21-29-25-13-6-4-11-23(25)24-12-5-7-14-26(24)29/h4-9,11-16,19,29,31-33,38H,10,17-18,20-21H2,1-3H3/t31-,32+,33-/m0/s1. The fourth-order valence-electron chi connectivity index (χ4n) is 7.51. The molecule has 1 aromatic heterocycles. The Morgan fingerprint density at radius 2 is 1.58 bits per heavy atom. The van der Waals surface area contributed by atoms with Gasteiger partial charge in [-0.25, -0.2) is 9.59 Å². The molecule has 4 aromatic rings. The number of carbonyl (C=O) groups is 3. The summed E-state index contributed by atoms with van der Waals surface area (Å²) in [6.45, 7) is 4.54. The van der Waals surface area contributed by atoms with Crippen LogP contribution in [0.25, 0.3) is 22.0 Å². The number of nitrogens with one attached hydrogen (secondary N) is 1. The van der Waals surface area contributed by atoms with Crippen molar-refractivity contribution in [1.29, 1.82) is 0 Å². The van der Waals surface area contributed by atoms with Gasteiger partial charge in [0.25, 0.3) is 0 Å². The third-order valence-corrected chi connectivity index (χ3v) is 9.50. The number of benzene rings is 3. The molecule has 2 amide bonds. The Labute approximate surface area is 262 Å². The van der Waals surface area contributed by atoms with E-state index < -0.39 is 30.2 Å². The maximum atomic E-state index is 14.6. The van der Waals surface area contributed by atoms with Crippen LogP contribution in [0.2, 0.25) is 0 Å². The summed E-state index contributed by atoms with van der Waals surface area (Å²) in [6, 6.07) is 22.3. The fraction of sp³-hybridized carbons (Fsp3) is 0.324. The number of likely N-dealkylation sites (tertiary alicyclic amines) is 1. The lowest BCUT2D eigenvalue weighted by Gasteiger charge is -2.41. The topological polar surface area (TPSA) is 91.9 Å². The molecule has 2 aliphatic heterocycles. The van der Waals surface area contributed by atoms with Crippen LogP contribution in [0.4, 0.5) is 4.79 Å². The number of carbonyl (C=O) groups excluding carboxylic acids is 3. The molecule has 0 bridgehead atoms. The Kier molecular flexibility index (Phi) is 7.43. The monoisotopic (exact) mass is 603 g/mol. The minimum atomic E-state index is -0.834. The summed E-state index contributed by atoms with van der Waals surface area (Å²) in [4.78, 5) is 48.3. The van der Waals surface area contributed by atoms with Crippen molar-refractivity contribution in [2.24, 2.45) is 0 Å². The van der Waals surface area contributed by atoms with Crippen molar-refractivity contribution in [2.75, 3.05) is 20.3 Å². The summed E-state index contributed by atoms with van der Waals surface area (Å²) in [6.07, 6.45) is 2.98. The van der Waals surface area contributed by atoms with E-state index in [1.807, 2.05) is 68.5 Å². The highest BCUT2D eigenvalue weighted by atomic mass is 16.6. The molecule has 0 radical (unpaired) electrons. The van der Waals surface area contributed by atoms with Crippen LogP contribution in [-0.2, 0) is 25.5 Å². The van der Waals surface area contributed by atoms with E-state index in [0.29, 0.717) is 25.8 Å². The molecule has 1 saturated heterocycles. The van der Waals surface area contributed by atoms with E-state index in [2.05, 4.69) is 29.2 Å². The maximum absolute atomic E-state index is 14.6. The van der Waals surface area contributed by atoms with Gasteiger partial charge in [-0.2, -0.15) is 0 Å². The Morgan fingerprint density at radius 1 is 0.911 bits per heavy atom. The number of fused-ring (bicyclic) bond motifs is 6. The first-order valence-corrected chi connectivity index (χ1v) is 15.6. The van der Waals surface area contributed by atoms with Gasteiger partial charge in [-0.1, -0.05) is 78.4 Å². The Hall–Kier alpha value is -4.85. The van der Waals surface area contributed by atoms with Gasteiger partial charge in [0.2, 0.25) is 5.91 Å². The molecule has 3 heterocycles. The summed E-state index contributed by atoms with van der Waals surface area (Å²) in [5, 5.41) is 1.03. The van der Waals surface area contributed by atoms with Crippen LogP contribution in [0.1, 0.15) is 61.0 Å². The Balaban J connectivity index is 1.17. The minimum Gasteiger partial charge on any atom is -0.467 e. The van der Waals surface area contributed by atoms with Crippen molar-refractivity contribution in [1.82, 2.24) is 14.8 Å². The molecule has 8 heteroatoms. The van der Waals surface area contributed by atoms with Gasteiger partial charge in [0.05, 0.1) is 13.2 Å². The molecule has 45 heavy (non-hydrogen) atoms. The summed E-state index contributed by atoms with van der Waals surface area (Å²) in [5.74, 6) is -0.827. The van der Waals surface area contributed by atoms with Gasteiger partial charge in [-0.15, -0.1) is 0 Å². The molecular formula is C37H37N3O5. The Morgan fingerprint density at radius 3 is 2.27 bits per heavy atom. The number of H-pyrrole nitrogens is 1. The van der Waals surface area contributed by atoms with Crippen LogP contribution in [0, 0.1) is 0 Å². The van der Waals surface area contributed by atoms with E-state index in [4.69, 9.17) is 9.47 Å². The second-order valence-corrected chi connectivity index (χ2v) is 12.4. The number of amides is 2. The number of rotatable bonds is 5. The maximum Gasteiger partial charge on any atom is 0.410 e. The predicted octanol–water partition coefficient (Wildman–Crippen LogP) is 6.52. The van der Waals surface area contributed by atoms with Crippen molar-refractivity contribution < 1.29 is 23.9 Å². The zero-order valence-corrected chi connectivity index (χ0v) is 25.8. The number of aromatic amines is 1. The molecular weight excluding hydrogens is 566 g/mol. The van der Waals surface area contributed by atoms with Gasteiger partial charge < -0.3 is 19.4 Å². The lowest BCUT2D eigenvalue weighted by Crippen LogP contribution is -2.57. The van der Waals surface area contributed by atoms with E-state index >= 15 is 0 Å². The number of methoxy groups -OCH3 is 1. The summed E-state index contributed by atoms with van der Waals surface area (Å²) in [5.41, 5.74) is 8.43. The van der Waals surface area contributed by atoms with Crippen LogP contribution in [0.3, 0.4) is 0 Å². The summed E-state index contributed by atoms with van der Waals surface area (Å²) in [7, 11) is 1.35. The zero-order valence-electron chi connectivity index (χ0n) is 25.8. The van der Waals surface area contributed by atoms with Crippen molar-refractivity contribution >= 4 is 28.9 Å². The second-order valence-electron chi connectivity index (χ2n) is 12.4. The largest absolute Gasteiger partial charge is 0.467 e. The number of ether oxygens (including phenoxy) is 2. The molecule has 3 aliphatic rings. The third-order valence-electron chi connectivity index (χ3n) is 9.50. The molecule has 0 spiro atoms. The van der Waals surface area contributed by atoms with E-state index in [-0.39, 0.29) is 18.4 Å². The number of hydrogen-bond donors (Lipinski definition) is 1. The van der Waals surface area contributed by atoms with Gasteiger partial charge >= 0.3 is 12.1 Å². The molecule has 1 aliphatic carbocycles. The van der Waals surface area contributed by atoms with Crippen LogP contribution >= 0.6 is 0 Å². The smallest absolute Gasteiger partial charge is 0.410 e. The lowest BCUT2D eigenvalue weighted by molar-refractivity contribution is -0.156. The average molecular weight is 604 g/mol. The van der Waals surface area contributed by atoms with Crippen molar-refractivity contribution in [3.05, 3.63) is 107 Å². The van der Waals surface area contributed by atoms with Gasteiger partial charge in [0.15, 0.2) is 0 Å². The molecule has 3 aromatic carbocycles. The van der Waals surface area contributed by atoms with Crippen LogP contribution in [0.15, 0.2) is 84.4 Å². The van der Waals surface area contributed by atoms with E-state index in [1.54, 1.807) is 9.80 Å². The van der Waals surface area contributed by atoms with Gasteiger partial charge in [-0.3, -0.25) is 9.69 Å². The second kappa shape index (κ2) is 11.6. The van der Waals surface area contributed by atoms with Gasteiger partial charge in [0, 0.05) is 35.5 Å². The van der Waals surface area contributed by atoms with Crippen molar-refractivity contribution in [2.45, 2.75) is 57.2 Å². The number of para-hydroxylation sites is 1. The highest BCUT2D eigenvalue weighted by Gasteiger charge is 2.47. The predicted molar refractivity (Wildman–Crippen MR) is 172 cm³/mol. The van der Waals surface area contributed by atoms with E-state index in [9.17, 15) is 14.4 Å². The summed E-state index contributed by atoms with van der Waals surface area (Å²) >= 11 is 0. The molecule has 230 valence electrons. The number of esters is 1. The quantitative estimate of drug-likeness (QED) is 0.207. The van der Waals surface area contributed by atoms with Gasteiger partial charge in [-0.05, 0) is 60.6 Å². The third kappa shape index (κ3) is 4.89.